The standard InChI is InChI=1S/C23H13Cl4FN2O2/c24-16-2-1-14(19(25)10-16)12-32-22-20(26)8-13(9-21(22)27)7-15(11-29)23(31)30-18-5-3-17(28)4-6-18/h1-10H,12H2,(H,30,31)/b15-7+. The summed E-state index contributed by atoms with van der Waals surface area (Å²) in [5.41, 5.74) is 1.26. The number of nitrogens with zero attached hydrogens (tertiary/aromatic N) is 1. The van der Waals surface area contributed by atoms with Gasteiger partial charge in [0.05, 0.1) is 10.0 Å². The number of nitriles is 1. The van der Waals surface area contributed by atoms with Crippen LogP contribution in [0.5, 0.6) is 5.75 Å². The van der Waals surface area contributed by atoms with E-state index in [0.717, 1.165) is 0 Å². The summed E-state index contributed by atoms with van der Waals surface area (Å²) in [6, 6.07) is 15.0. The van der Waals surface area contributed by atoms with Crippen LogP contribution in [0.4, 0.5) is 10.1 Å². The average Bonchev–Trinajstić information content (AvgIpc) is 2.74. The van der Waals surface area contributed by atoms with E-state index in [4.69, 9.17) is 51.1 Å². The molecule has 32 heavy (non-hydrogen) atoms. The molecule has 3 aromatic rings. The Morgan fingerprint density at radius 3 is 2.25 bits per heavy atom. The third-order valence-corrected chi connectivity index (χ3v) is 5.33. The number of amides is 1. The molecule has 0 radical (unpaired) electrons. The molecule has 0 aliphatic rings. The van der Waals surface area contributed by atoms with Crippen LogP contribution >= 0.6 is 46.4 Å². The highest BCUT2D eigenvalue weighted by atomic mass is 35.5. The Morgan fingerprint density at radius 2 is 1.66 bits per heavy atom. The van der Waals surface area contributed by atoms with Gasteiger partial charge in [0.1, 0.15) is 24.1 Å². The fraction of sp³-hybridized carbons (Fsp3) is 0.0435. The minimum Gasteiger partial charge on any atom is -0.486 e. The second-order valence-electron chi connectivity index (χ2n) is 6.47. The molecule has 0 saturated heterocycles. The normalized spacial score (nSPS) is 11.1. The number of halogens is 5. The number of hydrogen-bond donors (Lipinski definition) is 1. The topological polar surface area (TPSA) is 62.1 Å². The first kappa shape index (κ1) is 23.9. The molecule has 0 saturated carbocycles. The van der Waals surface area contributed by atoms with E-state index in [1.165, 1.54) is 42.5 Å². The van der Waals surface area contributed by atoms with Crippen LogP contribution in [-0.2, 0) is 11.4 Å². The van der Waals surface area contributed by atoms with Gasteiger partial charge >= 0.3 is 0 Å². The third-order valence-electron chi connectivity index (χ3n) is 4.19. The molecular weight excluding hydrogens is 497 g/mol. The van der Waals surface area contributed by atoms with Crippen molar-refractivity contribution in [1.82, 2.24) is 0 Å². The predicted octanol–water partition coefficient (Wildman–Crippen LogP) is 7.56. The molecule has 0 bridgehead atoms. The number of anilines is 1. The van der Waals surface area contributed by atoms with E-state index in [9.17, 15) is 14.4 Å². The number of benzene rings is 3. The Labute approximate surface area is 203 Å². The smallest absolute Gasteiger partial charge is 0.266 e. The van der Waals surface area contributed by atoms with E-state index in [-0.39, 0.29) is 28.0 Å². The predicted molar refractivity (Wildman–Crippen MR) is 126 cm³/mol. The second-order valence-corrected chi connectivity index (χ2v) is 8.13. The summed E-state index contributed by atoms with van der Waals surface area (Å²) >= 11 is 24.6. The molecule has 0 aliphatic carbocycles. The largest absolute Gasteiger partial charge is 0.486 e. The van der Waals surface area contributed by atoms with E-state index in [0.29, 0.717) is 26.9 Å². The monoisotopic (exact) mass is 508 g/mol. The summed E-state index contributed by atoms with van der Waals surface area (Å²) in [6.07, 6.45) is 1.33. The molecule has 0 fully saturated rings. The van der Waals surface area contributed by atoms with E-state index < -0.39 is 11.7 Å². The van der Waals surface area contributed by atoms with Crippen LogP contribution in [0.15, 0.2) is 60.2 Å². The average molecular weight is 510 g/mol. The lowest BCUT2D eigenvalue weighted by molar-refractivity contribution is -0.112. The highest BCUT2D eigenvalue weighted by Crippen LogP contribution is 2.36. The first-order valence-electron chi connectivity index (χ1n) is 9.01. The number of carbonyl (C=O) groups is 1. The molecule has 0 unspecified atom stereocenters. The van der Waals surface area contributed by atoms with Crippen molar-refractivity contribution >= 4 is 64.1 Å². The molecule has 1 N–H and O–H groups in total. The van der Waals surface area contributed by atoms with Crippen LogP contribution in [-0.4, -0.2) is 5.91 Å². The van der Waals surface area contributed by atoms with Crippen molar-refractivity contribution in [2.45, 2.75) is 6.61 Å². The van der Waals surface area contributed by atoms with Crippen LogP contribution in [0.3, 0.4) is 0 Å². The Balaban J connectivity index is 1.77. The lowest BCUT2D eigenvalue weighted by Gasteiger charge is -2.12. The van der Waals surface area contributed by atoms with Crippen LogP contribution in [0.1, 0.15) is 11.1 Å². The molecule has 1 amide bonds. The molecule has 4 nitrogen and oxygen atoms in total. The van der Waals surface area contributed by atoms with Gasteiger partial charge in [-0.05, 0) is 60.2 Å². The van der Waals surface area contributed by atoms with Crippen molar-refractivity contribution < 1.29 is 13.9 Å². The number of carbonyl (C=O) groups excluding carboxylic acids is 1. The zero-order valence-electron chi connectivity index (χ0n) is 16.1. The Hall–Kier alpha value is -2.75. The summed E-state index contributed by atoms with van der Waals surface area (Å²) in [6.45, 7) is 0.105. The SMILES string of the molecule is N#C/C(=C\c1cc(Cl)c(OCc2ccc(Cl)cc2Cl)c(Cl)c1)C(=O)Nc1ccc(F)cc1. The number of hydrogen-bond acceptors (Lipinski definition) is 3. The number of nitrogens with one attached hydrogen (secondary N) is 1. The highest BCUT2D eigenvalue weighted by molar-refractivity contribution is 6.37. The van der Waals surface area contributed by atoms with E-state index >= 15 is 0 Å². The Morgan fingerprint density at radius 1 is 1.00 bits per heavy atom. The maximum absolute atomic E-state index is 13.0. The first-order valence-corrected chi connectivity index (χ1v) is 10.5. The van der Waals surface area contributed by atoms with E-state index in [1.807, 2.05) is 6.07 Å². The summed E-state index contributed by atoms with van der Waals surface area (Å²) in [4.78, 5) is 12.4. The van der Waals surface area contributed by atoms with Crippen molar-refractivity contribution in [3.8, 4) is 11.8 Å². The van der Waals surface area contributed by atoms with Crippen LogP contribution in [0, 0.1) is 17.1 Å². The van der Waals surface area contributed by atoms with Gasteiger partial charge in [0.15, 0.2) is 5.75 Å². The summed E-state index contributed by atoms with van der Waals surface area (Å²) in [7, 11) is 0. The van der Waals surface area contributed by atoms with Gasteiger partial charge < -0.3 is 10.1 Å². The molecule has 3 aromatic carbocycles. The summed E-state index contributed by atoms with van der Waals surface area (Å²) < 4.78 is 18.7. The van der Waals surface area contributed by atoms with Crippen LogP contribution < -0.4 is 10.1 Å². The van der Waals surface area contributed by atoms with Gasteiger partial charge in [-0.2, -0.15) is 5.26 Å². The quantitative estimate of drug-likeness (QED) is 0.275. The molecule has 0 heterocycles. The molecule has 162 valence electrons. The van der Waals surface area contributed by atoms with Crippen LogP contribution in [0.25, 0.3) is 6.08 Å². The maximum atomic E-state index is 13.0. The van der Waals surface area contributed by atoms with Crippen molar-refractivity contribution in [3.05, 3.63) is 97.2 Å². The van der Waals surface area contributed by atoms with E-state index in [2.05, 4.69) is 5.32 Å². The van der Waals surface area contributed by atoms with Gasteiger partial charge in [0.2, 0.25) is 0 Å². The first-order chi connectivity index (χ1) is 15.3. The number of ether oxygens (including phenoxy) is 1. The van der Waals surface area contributed by atoms with Gasteiger partial charge in [-0.1, -0.05) is 52.5 Å². The van der Waals surface area contributed by atoms with Crippen LogP contribution in [0.2, 0.25) is 20.1 Å². The molecule has 9 heteroatoms. The van der Waals surface area contributed by atoms with Crippen molar-refractivity contribution in [2.24, 2.45) is 0 Å². The minimum atomic E-state index is -0.663. The van der Waals surface area contributed by atoms with Gasteiger partial charge in [-0.15, -0.1) is 0 Å². The molecule has 0 atom stereocenters. The van der Waals surface area contributed by atoms with Gasteiger partial charge in [0, 0.05) is 21.3 Å². The van der Waals surface area contributed by atoms with Gasteiger partial charge in [-0.3, -0.25) is 4.79 Å². The van der Waals surface area contributed by atoms with Crippen molar-refractivity contribution in [2.75, 3.05) is 5.32 Å². The zero-order chi connectivity index (χ0) is 23.3. The lowest BCUT2D eigenvalue weighted by Crippen LogP contribution is -2.13. The fourth-order valence-electron chi connectivity index (χ4n) is 2.64. The second kappa shape index (κ2) is 10.7. The maximum Gasteiger partial charge on any atom is 0.266 e. The van der Waals surface area contributed by atoms with Gasteiger partial charge in [-0.25, -0.2) is 4.39 Å². The molecule has 0 aliphatic heterocycles. The molecule has 0 spiro atoms. The number of rotatable bonds is 6. The zero-order valence-corrected chi connectivity index (χ0v) is 19.2. The Kier molecular flexibility index (Phi) is 8.00. The minimum absolute atomic E-state index is 0.105. The molecular formula is C23H13Cl4FN2O2. The van der Waals surface area contributed by atoms with E-state index in [1.54, 1.807) is 18.2 Å². The summed E-state index contributed by atoms with van der Waals surface area (Å²) in [5.74, 6) is -0.876. The highest BCUT2D eigenvalue weighted by Gasteiger charge is 2.14. The van der Waals surface area contributed by atoms with Crippen molar-refractivity contribution in [3.63, 3.8) is 0 Å². The summed E-state index contributed by atoms with van der Waals surface area (Å²) in [5, 5.41) is 13.2. The van der Waals surface area contributed by atoms with Gasteiger partial charge in [0.25, 0.3) is 5.91 Å². The molecule has 3 rings (SSSR count). The molecule has 0 aromatic heterocycles. The third kappa shape index (κ3) is 6.15. The fourth-order valence-corrected chi connectivity index (χ4v) is 3.71. The lowest BCUT2D eigenvalue weighted by atomic mass is 10.1. The van der Waals surface area contributed by atoms with Crippen molar-refractivity contribution in [1.29, 1.82) is 5.26 Å². The Bertz CT molecular complexity index is 1210.